The molecule has 2 aliphatic heterocycles. The fraction of sp³-hybridized carbons (Fsp3) is 1.00. The van der Waals surface area contributed by atoms with Crippen LogP contribution in [-0.2, 0) is 4.74 Å². The Morgan fingerprint density at radius 1 is 1.67 bits per heavy atom. The smallest absolute Gasteiger partial charge is 0.0536 e. The predicted molar refractivity (Wildman–Crippen MR) is 35.3 cm³/mol. The van der Waals surface area contributed by atoms with Gasteiger partial charge in [0.25, 0.3) is 0 Å². The predicted octanol–water partition coefficient (Wildman–Crippen LogP) is 0.242. The van der Waals surface area contributed by atoms with Crippen molar-refractivity contribution < 1.29 is 4.74 Å². The van der Waals surface area contributed by atoms with Gasteiger partial charge in [0, 0.05) is 24.4 Å². The summed E-state index contributed by atoms with van der Waals surface area (Å²) < 4.78 is 5.37. The summed E-state index contributed by atoms with van der Waals surface area (Å²) in [5.74, 6) is 0.789. The number of ether oxygens (including phenoxy) is 1. The van der Waals surface area contributed by atoms with E-state index in [1.165, 1.54) is 0 Å². The highest BCUT2D eigenvalue weighted by Crippen LogP contribution is 2.36. The normalized spacial score (nSPS) is 49.7. The molecule has 0 amide bonds. The molecule has 0 aromatic carbocycles. The molecule has 2 heteroatoms. The maximum absolute atomic E-state index is 5.37. The Bertz CT molecular complexity index is 114. The Labute approximate surface area is 55.6 Å². The summed E-state index contributed by atoms with van der Waals surface area (Å²) in [5, 5.41) is 3.38. The fourth-order valence-electron chi connectivity index (χ4n) is 1.79. The van der Waals surface area contributed by atoms with Gasteiger partial charge < -0.3 is 10.1 Å². The molecule has 2 nitrogen and oxygen atoms in total. The largest absolute Gasteiger partial charge is 0.380 e. The van der Waals surface area contributed by atoms with E-state index in [9.17, 15) is 0 Å². The van der Waals surface area contributed by atoms with Gasteiger partial charge in [-0.2, -0.15) is 0 Å². The Balaban J connectivity index is 2.17. The van der Waals surface area contributed by atoms with Crippen molar-refractivity contribution in [3.05, 3.63) is 0 Å². The molecule has 2 saturated heterocycles. The third-order valence-corrected chi connectivity index (χ3v) is 2.66. The molecule has 52 valence electrons. The van der Waals surface area contributed by atoms with Gasteiger partial charge in [-0.05, 0) is 0 Å². The lowest BCUT2D eigenvalue weighted by Crippen LogP contribution is -2.24. The molecule has 2 fully saturated rings. The topological polar surface area (TPSA) is 21.3 Å². The number of hydrogen-bond donors (Lipinski definition) is 1. The zero-order valence-electron chi connectivity index (χ0n) is 5.81. The van der Waals surface area contributed by atoms with E-state index in [1.54, 1.807) is 0 Å². The van der Waals surface area contributed by atoms with Crippen molar-refractivity contribution in [2.75, 3.05) is 26.3 Å². The van der Waals surface area contributed by atoms with Crippen LogP contribution in [0, 0.1) is 11.3 Å². The average molecular weight is 127 g/mol. The highest BCUT2D eigenvalue weighted by molar-refractivity contribution is 4.94. The van der Waals surface area contributed by atoms with Crippen molar-refractivity contribution in [2.24, 2.45) is 11.3 Å². The zero-order chi connectivity index (χ0) is 6.32. The molecular weight excluding hydrogens is 114 g/mol. The van der Waals surface area contributed by atoms with Crippen molar-refractivity contribution in [3.8, 4) is 0 Å². The first kappa shape index (κ1) is 5.69. The van der Waals surface area contributed by atoms with E-state index >= 15 is 0 Å². The molecule has 0 radical (unpaired) electrons. The Morgan fingerprint density at radius 3 is 3.33 bits per heavy atom. The van der Waals surface area contributed by atoms with Gasteiger partial charge in [0.1, 0.15) is 0 Å². The first-order chi connectivity index (χ1) is 4.31. The van der Waals surface area contributed by atoms with Crippen LogP contribution in [0.25, 0.3) is 0 Å². The summed E-state index contributed by atoms with van der Waals surface area (Å²) in [5.41, 5.74) is 0.472. The van der Waals surface area contributed by atoms with Crippen LogP contribution < -0.4 is 5.32 Å². The molecule has 0 saturated carbocycles. The standard InChI is InChI=1S/C7H13NO/c1-7-4-8-2-6(7)3-9-5-7/h6,8H,2-5H2,1H3. The van der Waals surface area contributed by atoms with Gasteiger partial charge in [-0.25, -0.2) is 0 Å². The van der Waals surface area contributed by atoms with Gasteiger partial charge in [-0.3, -0.25) is 0 Å². The molecule has 2 aliphatic rings. The first-order valence-electron chi connectivity index (χ1n) is 3.60. The van der Waals surface area contributed by atoms with Crippen LogP contribution in [0.4, 0.5) is 0 Å². The number of rotatable bonds is 0. The maximum atomic E-state index is 5.37. The van der Waals surface area contributed by atoms with Crippen LogP contribution in [0.15, 0.2) is 0 Å². The second-order valence-electron chi connectivity index (χ2n) is 3.50. The molecule has 0 aliphatic carbocycles. The minimum absolute atomic E-state index is 0.472. The summed E-state index contributed by atoms with van der Waals surface area (Å²) in [6.07, 6.45) is 0. The van der Waals surface area contributed by atoms with Crippen LogP contribution in [0.1, 0.15) is 6.92 Å². The van der Waals surface area contributed by atoms with Gasteiger partial charge in [-0.15, -0.1) is 0 Å². The van der Waals surface area contributed by atoms with E-state index < -0.39 is 0 Å². The van der Waals surface area contributed by atoms with E-state index in [1.807, 2.05) is 0 Å². The Morgan fingerprint density at radius 2 is 2.56 bits per heavy atom. The van der Waals surface area contributed by atoms with Gasteiger partial charge >= 0.3 is 0 Å². The molecule has 2 unspecified atom stereocenters. The summed E-state index contributed by atoms with van der Waals surface area (Å²) >= 11 is 0. The van der Waals surface area contributed by atoms with Crippen molar-refractivity contribution in [1.82, 2.24) is 5.32 Å². The van der Waals surface area contributed by atoms with Crippen LogP contribution in [-0.4, -0.2) is 26.3 Å². The van der Waals surface area contributed by atoms with Crippen molar-refractivity contribution >= 4 is 0 Å². The van der Waals surface area contributed by atoms with E-state index in [4.69, 9.17) is 4.74 Å². The van der Waals surface area contributed by atoms with E-state index in [-0.39, 0.29) is 0 Å². The highest BCUT2D eigenvalue weighted by atomic mass is 16.5. The van der Waals surface area contributed by atoms with Crippen LogP contribution in [0.5, 0.6) is 0 Å². The summed E-state index contributed by atoms with van der Waals surface area (Å²) in [4.78, 5) is 0. The van der Waals surface area contributed by atoms with Crippen LogP contribution in [0.3, 0.4) is 0 Å². The molecule has 0 bridgehead atoms. The first-order valence-corrected chi connectivity index (χ1v) is 3.60. The fourth-order valence-corrected chi connectivity index (χ4v) is 1.79. The van der Waals surface area contributed by atoms with E-state index in [0.29, 0.717) is 5.41 Å². The molecular formula is C7H13NO. The highest BCUT2D eigenvalue weighted by Gasteiger charge is 2.43. The molecule has 2 atom stereocenters. The van der Waals surface area contributed by atoms with E-state index in [0.717, 1.165) is 32.2 Å². The van der Waals surface area contributed by atoms with Crippen molar-refractivity contribution in [2.45, 2.75) is 6.92 Å². The van der Waals surface area contributed by atoms with Gasteiger partial charge in [0.05, 0.1) is 13.2 Å². The van der Waals surface area contributed by atoms with Crippen molar-refractivity contribution in [1.29, 1.82) is 0 Å². The molecule has 0 aromatic rings. The summed E-state index contributed by atoms with van der Waals surface area (Å²) in [7, 11) is 0. The number of nitrogens with one attached hydrogen (secondary N) is 1. The van der Waals surface area contributed by atoms with Crippen molar-refractivity contribution in [3.63, 3.8) is 0 Å². The second kappa shape index (κ2) is 1.70. The third kappa shape index (κ3) is 0.700. The van der Waals surface area contributed by atoms with Crippen LogP contribution >= 0.6 is 0 Å². The lowest BCUT2D eigenvalue weighted by Gasteiger charge is -2.18. The summed E-state index contributed by atoms with van der Waals surface area (Å²) in [6.45, 7) is 6.56. The average Bonchev–Trinajstić information content (AvgIpc) is 2.22. The quantitative estimate of drug-likeness (QED) is 0.503. The monoisotopic (exact) mass is 127 g/mol. The Kier molecular flexibility index (Phi) is 1.08. The SMILES string of the molecule is CC12CNCC1COC2. The third-order valence-electron chi connectivity index (χ3n) is 2.66. The molecule has 0 aromatic heterocycles. The van der Waals surface area contributed by atoms with Crippen LogP contribution in [0.2, 0.25) is 0 Å². The molecule has 0 spiro atoms. The molecule has 2 heterocycles. The molecule has 2 rings (SSSR count). The lowest BCUT2D eigenvalue weighted by atomic mass is 9.84. The molecule has 1 N–H and O–H groups in total. The lowest BCUT2D eigenvalue weighted by molar-refractivity contribution is 0.158. The minimum Gasteiger partial charge on any atom is -0.380 e. The molecule has 9 heavy (non-hydrogen) atoms. The maximum Gasteiger partial charge on any atom is 0.0536 e. The zero-order valence-corrected chi connectivity index (χ0v) is 5.81. The van der Waals surface area contributed by atoms with Gasteiger partial charge in [-0.1, -0.05) is 6.92 Å². The van der Waals surface area contributed by atoms with Gasteiger partial charge in [0.2, 0.25) is 0 Å². The minimum atomic E-state index is 0.472. The number of fused-ring (bicyclic) bond motifs is 1. The Hall–Kier alpha value is -0.0800. The summed E-state index contributed by atoms with van der Waals surface area (Å²) in [6, 6.07) is 0. The number of hydrogen-bond acceptors (Lipinski definition) is 2. The second-order valence-corrected chi connectivity index (χ2v) is 3.50. The van der Waals surface area contributed by atoms with E-state index in [2.05, 4.69) is 12.2 Å². The van der Waals surface area contributed by atoms with Gasteiger partial charge in [0.15, 0.2) is 0 Å².